The van der Waals surface area contributed by atoms with E-state index < -0.39 is 4.92 Å². The number of nitro groups is 1. The Hall–Kier alpha value is -1.42. The van der Waals surface area contributed by atoms with Gasteiger partial charge in [-0.3, -0.25) is 10.1 Å². The fraction of sp³-hybridized carbons (Fsp3) is 0.455. The van der Waals surface area contributed by atoms with Gasteiger partial charge < -0.3 is 4.74 Å². The number of nitro benzene ring substituents is 1. The first-order valence-corrected chi connectivity index (χ1v) is 4.83. The molecular weight excluding hydrogens is 194 g/mol. The lowest BCUT2D eigenvalue weighted by Crippen LogP contribution is -2.22. The molecule has 0 amide bonds. The summed E-state index contributed by atoms with van der Waals surface area (Å²) in [6.45, 7) is 3.99. The van der Waals surface area contributed by atoms with Crippen LogP contribution in [0.25, 0.3) is 0 Å². The minimum atomic E-state index is -0.403. The monoisotopic (exact) mass is 209 g/mol. The van der Waals surface area contributed by atoms with E-state index in [-0.39, 0.29) is 11.3 Å². The summed E-state index contributed by atoms with van der Waals surface area (Å²) >= 11 is 0. The van der Waals surface area contributed by atoms with Crippen LogP contribution >= 0.6 is 0 Å². The number of hydrogen-bond acceptors (Lipinski definition) is 3. The maximum Gasteiger partial charge on any atom is 0.269 e. The number of ether oxygens (including phenoxy) is 1. The minimum absolute atomic E-state index is 0.105. The van der Waals surface area contributed by atoms with Crippen LogP contribution < -0.4 is 0 Å². The average molecular weight is 209 g/mol. The molecule has 1 rings (SSSR count). The lowest BCUT2D eigenvalue weighted by atomic mass is 9.93. The molecule has 0 bridgehead atoms. The topological polar surface area (TPSA) is 52.4 Å². The molecule has 0 aliphatic carbocycles. The van der Waals surface area contributed by atoms with Gasteiger partial charge in [-0.25, -0.2) is 0 Å². The Morgan fingerprint density at radius 2 is 1.93 bits per heavy atom. The molecule has 15 heavy (non-hydrogen) atoms. The molecule has 0 aromatic heterocycles. The molecule has 1 aromatic carbocycles. The summed E-state index contributed by atoms with van der Waals surface area (Å²) in [6, 6.07) is 6.49. The van der Waals surface area contributed by atoms with Crippen molar-refractivity contribution in [2.24, 2.45) is 0 Å². The van der Waals surface area contributed by atoms with E-state index in [1.54, 1.807) is 19.2 Å². The average Bonchev–Trinajstić information content (AvgIpc) is 2.28. The first-order valence-electron chi connectivity index (χ1n) is 4.83. The lowest BCUT2D eigenvalue weighted by molar-refractivity contribution is -0.384. The van der Waals surface area contributed by atoms with Crippen LogP contribution in [0.4, 0.5) is 5.69 Å². The summed E-state index contributed by atoms with van der Waals surface area (Å²) in [6.07, 6.45) is 0.821. The highest BCUT2D eigenvalue weighted by molar-refractivity contribution is 5.35. The Kier molecular flexibility index (Phi) is 3.42. The number of benzene rings is 1. The molecule has 4 nitrogen and oxygen atoms in total. The van der Waals surface area contributed by atoms with E-state index in [0.29, 0.717) is 0 Å². The number of methoxy groups -OCH3 is 1. The second-order valence-electron chi connectivity index (χ2n) is 3.59. The van der Waals surface area contributed by atoms with Crippen molar-refractivity contribution in [3.8, 4) is 0 Å². The van der Waals surface area contributed by atoms with Crippen LogP contribution in [0, 0.1) is 10.1 Å². The summed E-state index contributed by atoms with van der Waals surface area (Å²) in [5, 5.41) is 10.5. The summed E-state index contributed by atoms with van der Waals surface area (Å²) in [7, 11) is 1.64. The second kappa shape index (κ2) is 4.40. The molecule has 1 aromatic rings. The highest BCUT2D eigenvalue weighted by atomic mass is 16.6. The smallest absolute Gasteiger partial charge is 0.269 e. The summed E-state index contributed by atoms with van der Waals surface area (Å²) in [5.41, 5.74) is 0.696. The van der Waals surface area contributed by atoms with E-state index in [1.807, 2.05) is 13.8 Å². The molecule has 82 valence electrons. The predicted molar refractivity (Wildman–Crippen MR) is 57.7 cm³/mol. The van der Waals surface area contributed by atoms with Crippen molar-refractivity contribution < 1.29 is 9.66 Å². The van der Waals surface area contributed by atoms with E-state index >= 15 is 0 Å². The quantitative estimate of drug-likeness (QED) is 0.566. The van der Waals surface area contributed by atoms with Gasteiger partial charge in [0.25, 0.3) is 5.69 Å². The molecule has 0 fully saturated rings. The van der Waals surface area contributed by atoms with Gasteiger partial charge in [-0.1, -0.05) is 6.92 Å². The minimum Gasteiger partial charge on any atom is -0.374 e. The van der Waals surface area contributed by atoms with Crippen LogP contribution in [0.3, 0.4) is 0 Å². The van der Waals surface area contributed by atoms with Crippen molar-refractivity contribution in [3.63, 3.8) is 0 Å². The van der Waals surface area contributed by atoms with Gasteiger partial charge >= 0.3 is 0 Å². The van der Waals surface area contributed by atoms with Crippen molar-refractivity contribution in [1.29, 1.82) is 0 Å². The van der Waals surface area contributed by atoms with Crippen LogP contribution in [0.1, 0.15) is 25.8 Å². The van der Waals surface area contributed by atoms with Crippen LogP contribution in [0.2, 0.25) is 0 Å². The molecular formula is C11H15NO3. The second-order valence-corrected chi connectivity index (χ2v) is 3.59. The first-order chi connectivity index (χ1) is 7.03. The van der Waals surface area contributed by atoms with Crippen molar-refractivity contribution in [2.75, 3.05) is 7.11 Å². The summed E-state index contributed by atoms with van der Waals surface area (Å²) in [5.74, 6) is 0. The number of non-ortho nitro benzene ring substituents is 1. The van der Waals surface area contributed by atoms with E-state index in [1.165, 1.54) is 12.1 Å². The van der Waals surface area contributed by atoms with Gasteiger partial charge in [0.1, 0.15) is 0 Å². The Morgan fingerprint density at radius 3 is 2.27 bits per heavy atom. The third kappa shape index (κ3) is 2.33. The van der Waals surface area contributed by atoms with Gasteiger partial charge in [-0.2, -0.15) is 0 Å². The molecule has 0 spiro atoms. The molecule has 0 N–H and O–H groups in total. The molecule has 4 heteroatoms. The Bertz CT molecular complexity index is 341. The molecule has 0 saturated heterocycles. The van der Waals surface area contributed by atoms with Crippen molar-refractivity contribution in [1.82, 2.24) is 0 Å². The molecule has 1 atom stereocenters. The van der Waals surface area contributed by atoms with Crippen molar-refractivity contribution in [3.05, 3.63) is 39.9 Å². The fourth-order valence-corrected chi connectivity index (χ4v) is 1.40. The fourth-order valence-electron chi connectivity index (χ4n) is 1.40. The van der Waals surface area contributed by atoms with E-state index in [4.69, 9.17) is 4.74 Å². The third-order valence-electron chi connectivity index (χ3n) is 2.81. The van der Waals surface area contributed by atoms with E-state index in [9.17, 15) is 10.1 Å². The Labute approximate surface area is 89.0 Å². The van der Waals surface area contributed by atoms with Crippen LogP contribution in [-0.4, -0.2) is 12.0 Å². The van der Waals surface area contributed by atoms with Gasteiger partial charge in [0.2, 0.25) is 0 Å². The van der Waals surface area contributed by atoms with E-state index in [2.05, 4.69) is 0 Å². The summed E-state index contributed by atoms with van der Waals surface area (Å²) in [4.78, 5) is 10.1. The largest absolute Gasteiger partial charge is 0.374 e. The van der Waals surface area contributed by atoms with Gasteiger partial charge in [0.15, 0.2) is 0 Å². The maximum absolute atomic E-state index is 10.5. The highest BCUT2D eigenvalue weighted by Crippen LogP contribution is 2.29. The Morgan fingerprint density at radius 1 is 1.40 bits per heavy atom. The predicted octanol–water partition coefficient (Wildman–Crippen LogP) is 2.87. The van der Waals surface area contributed by atoms with Crippen molar-refractivity contribution in [2.45, 2.75) is 25.9 Å². The number of rotatable bonds is 4. The molecule has 0 radical (unpaired) electrons. The lowest BCUT2D eigenvalue weighted by Gasteiger charge is -2.26. The standard InChI is InChI=1S/C11H15NO3/c1-4-11(2,15-3)9-5-7-10(8-6-9)12(13)14/h5-8H,4H2,1-3H3. The third-order valence-corrected chi connectivity index (χ3v) is 2.81. The van der Waals surface area contributed by atoms with Gasteiger partial charge in [-0.15, -0.1) is 0 Å². The van der Waals surface area contributed by atoms with Gasteiger partial charge in [0.05, 0.1) is 10.5 Å². The van der Waals surface area contributed by atoms with Gasteiger partial charge in [0, 0.05) is 19.2 Å². The molecule has 0 saturated carbocycles. The van der Waals surface area contributed by atoms with Crippen molar-refractivity contribution >= 4 is 5.69 Å². The van der Waals surface area contributed by atoms with Crippen LogP contribution in [0.15, 0.2) is 24.3 Å². The molecule has 1 unspecified atom stereocenters. The zero-order chi connectivity index (χ0) is 11.5. The number of nitrogens with zero attached hydrogens (tertiary/aromatic N) is 1. The highest BCUT2D eigenvalue weighted by Gasteiger charge is 2.24. The zero-order valence-electron chi connectivity index (χ0n) is 9.19. The molecule has 0 aliphatic rings. The maximum atomic E-state index is 10.5. The Balaban J connectivity index is 3.02. The number of hydrogen-bond donors (Lipinski definition) is 0. The molecule has 0 aliphatic heterocycles. The van der Waals surface area contributed by atoms with E-state index in [0.717, 1.165) is 12.0 Å². The first kappa shape index (κ1) is 11.7. The van der Waals surface area contributed by atoms with Crippen LogP contribution in [-0.2, 0) is 10.3 Å². The zero-order valence-corrected chi connectivity index (χ0v) is 9.19. The van der Waals surface area contributed by atoms with Crippen LogP contribution in [0.5, 0.6) is 0 Å². The summed E-state index contributed by atoms with van der Waals surface area (Å²) < 4.78 is 5.40. The molecule has 0 heterocycles. The SMILES string of the molecule is CCC(C)(OC)c1ccc([N+](=O)[O-])cc1. The van der Waals surface area contributed by atoms with Gasteiger partial charge in [-0.05, 0) is 31.0 Å². The normalized spacial score (nSPS) is 14.6.